The van der Waals surface area contributed by atoms with E-state index in [-0.39, 0.29) is 19.1 Å². The average Bonchev–Trinajstić information content (AvgIpc) is 3.20. The van der Waals surface area contributed by atoms with Crippen LogP contribution in [0.3, 0.4) is 0 Å². The molecule has 3 N–H and O–H groups in total. The number of carbonyl (C=O) groups excluding carboxylic acids is 1. The first kappa shape index (κ1) is 59.2. The number of nitrogens with one attached hydrogen (secondary N) is 1. The van der Waals surface area contributed by atoms with Gasteiger partial charge >= 0.3 is 7.82 Å². The smallest absolute Gasteiger partial charge is 0.387 e. The van der Waals surface area contributed by atoms with Gasteiger partial charge in [-0.3, -0.25) is 13.8 Å². The largest absolute Gasteiger partial charge is 0.472 e. The number of phosphoric acid groups is 1. The molecule has 0 saturated heterocycles. The van der Waals surface area contributed by atoms with E-state index in [2.05, 4.69) is 19.2 Å². The number of unbranched alkanes of at least 4 members (excludes halogenated alkanes) is 35. The molecule has 0 aromatic heterocycles. The Balaban J connectivity index is 4.14. The maximum absolute atomic E-state index is 12.9. The third-order valence-electron chi connectivity index (χ3n) is 12.0. The van der Waals surface area contributed by atoms with Gasteiger partial charge in [0.05, 0.1) is 39.9 Å². The molecule has 0 rings (SSSR count). The molecule has 1 amide bonds. The number of amides is 1. The molecule has 0 radical (unpaired) electrons. The van der Waals surface area contributed by atoms with E-state index < -0.39 is 20.0 Å². The predicted octanol–water partition coefficient (Wildman–Crippen LogP) is 15.1. The summed E-state index contributed by atoms with van der Waals surface area (Å²) in [5, 5.41) is 13.9. The summed E-state index contributed by atoms with van der Waals surface area (Å²) in [4.78, 5) is 23.2. The molecular formula is C51H104N2O6P+. The third kappa shape index (κ3) is 45.3. The SMILES string of the molecule is CCCCCCCCCCCCC/C=C/C(O)C(COP(=O)(O)OCC[N+](C)(C)C)NC(=O)CCCCCCCCCCCCCCCCCCCCCCCCCCC. The summed E-state index contributed by atoms with van der Waals surface area (Å²) in [7, 11) is 1.59. The molecule has 3 atom stereocenters. The number of nitrogens with zero attached hydrogens (tertiary/aromatic N) is 1. The molecule has 0 aromatic carbocycles. The van der Waals surface area contributed by atoms with Gasteiger partial charge in [-0.25, -0.2) is 4.57 Å². The molecule has 358 valence electrons. The molecule has 0 bridgehead atoms. The van der Waals surface area contributed by atoms with Crippen molar-refractivity contribution in [2.45, 2.75) is 270 Å². The second-order valence-corrected chi connectivity index (χ2v) is 20.7. The molecule has 0 aliphatic carbocycles. The molecule has 0 saturated carbocycles. The summed E-state index contributed by atoms with van der Waals surface area (Å²) in [5.41, 5.74) is 0. The van der Waals surface area contributed by atoms with Crippen LogP contribution in [0.5, 0.6) is 0 Å². The molecule has 0 aromatic rings. The van der Waals surface area contributed by atoms with Crippen molar-refractivity contribution in [3.8, 4) is 0 Å². The number of quaternary nitrogens is 1. The number of allylic oxidation sites excluding steroid dienone is 1. The first-order valence-corrected chi connectivity index (χ1v) is 27.6. The van der Waals surface area contributed by atoms with Crippen molar-refractivity contribution in [1.29, 1.82) is 0 Å². The van der Waals surface area contributed by atoms with E-state index >= 15 is 0 Å². The maximum atomic E-state index is 12.9. The normalized spacial score (nSPS) is 14.2. The summed E-state index contributed by atoms with van der Waals surface area (Å²) in [5.74, 6) is -0.172. The molecule has 0 heterocycles. The zero-order valence-corrected chi connectivity index (χ0v) is 41.6. The Morgan fingerprint density at radius 1 is 0.550 bits per heavy atom. The predicted molar refractivity (Wildman–Crippen MR) is 259 cm³/mol. The zero-order valence-electron chi connectivity index (χ0n) is 40.7. The van der Waals surface area contributed by atoms with E-state index in [9.17, 15) is 19.4 Å². The van der Waals surface area contributed by atoms with Gasteiger partial charge in [0.25, 0.3) is 0 Å². The van der Waals surface area contributed by atoms with Crippen LogP contribution >= 0.6 is 7.82 Å². The standard InChI is InChI=1S/C51H103N2O6P/c1-6-8-10-12-14-16-18-20-21-22-23-24-25-26-27-28-29-30-31-33-35-37-39-41-43-45-51(55)52-49(48-59-60(56,57)58-47-46-53(3,4)5)50(54)44-42-40-38-36-34-32-19-17-15-13-11-9-7-2/h42,44,49-50,54H,6-41,43,45-48H2,1-5H3,(H-,52,55,56,57)/p+1/b44-42+. The lowest BCUT2D eigenvalue weighted by Crippen LogP contribution is -2.45. The number of hydrogen-bond acceptors (Lipinski definition) is 5. The van der Waals surface area contributed by atoms with Gasteiger partial charge in [0.15, 0.2) is 0 Å². The monoisotopic (exact) mass is 872 g/mol. The second kappa shape index (κ2) is 43.5. The Morgan fingerprint density at radius 3 is 1.23 bits per heavy atom. The van der Waals surface area contributed by atoms with Crippen LogP contribution in [0, 0.1) is 0 Å². The van der Waals surface area contributed by atoms with Crippen LogP contribution < -0.4 is 5.32 Å². The zero-order chi connectivity index (χ0) is 44.3. The highest BCUT2D eigenvalue weighted by Gasteiger charge is 2.27. The highest BCUT2D eigenvalue weighted by atomic mass is 31.2. The van der Waals surface area contributed by atoms with Gasteiger partial charge < -0.3 is 19.8 Å². The van der Waals surface area contributed by atoms with Crippen molar-refractivity contribution in [2.24, 2.45) is 0 Å². The van der Waals surface area contributed by atoms with Crippen molar-refractivity contribution in [1.82, 2.24) is 5.32 Å². The minimum Gasteiger partial charge on any atom is -0.387 e. The maximum Gasteiger partial charge on any atom is 0.472 e. The van der Waals surface area contributed by atoms with Crippen LogP contribution in [0.2, 0.25) is 0 Å². The van der Waals surface area contributed by atoms with E-state index in [0.29, 0.717) is 17.4 Å². The highest BCUT2D eigenvalue weighted by Crippen LogP contribution is 2.43. The van der Waals surface area contributed by atoms with Gasteiger partial charge in [-0.2, -0.15) is 0 Å². The number of aliphatic hydroxyl groups is 1. The molecule has 0 aliphatic heterocycles. The van der Waals surface area contributed by atoms with Crippen LogP contribution in [0.25, 0.3) is 0 Å². The fourth-order valence-corrected chi connectivity index (χ4v) is 8.60. The van der Waals surface area contributed by atoms with Crippen LogP contribution in [-0.4, -0.2) is 73.4 Å². The van der Waals surface area contributed by atoms with Crippen molar-refractivity contribution < 1.29 is 32.9 Å². The van der Waals surface area contributed by atoms with Crippen LogP contribution in [0.1, 0.15) is 258 Å². The van der Waals surface area contributed by atoms with Crippen molar-refractivity contribution in [2.75, 3.05) is 40.9 Å². The first-order valence-electron chi connectivity index (χ1n) is 26.1. The van der Waals surface area contributed by atoms with E-state index in [1.807, 2.05) is 27.2 Å². The van der Waals surface area contributed by atoms with Crippen molar-refractivity contribution in [3.05, 3.63) is 12.2 Å². The van der Waals surface area contributed by atoms with E-state index in [0.717, 1.165) is 38.5 Å². The first-order chi connectivity index (χ1) is 29.0. The highest BCUT2D eigenvalue weighted by molar-refractivity contribution is 7.47. The number of aliphatic hydroxyl groups excluding tert-OH is 1. The third-order valence-corrected chi connectivity index (χ3v) is 13.0. The van der Waals surface area contributed by atoms with Gasteiger partial charge in [-0.15, -0.1) is 0 Å². The fraction of sp³-hybridized carbons (Fsp3) is 0.941. The number of rotatable bonds is 48. The Bertz CT molecular complexity index is 989. The van der Waals surface area contributed by atoms with E-state index in [4.69, 9.17) is 9.05 Å². The van der Waals surface area contributed by atoms with Crippen molar-refractivity contribution in [3.63, 3.8) is 0 Å². The minimum atomic E-state index is -4.33. The lowest BCUT2D eigenvalue weighted by Gasteiger charge is -2.25. The van der Waals surface area contributed by atoms with Crippen LogP contribution in [0.4, 0.5) is 0 Å². The van der Waals surface area contributed by atoms with Crippen LogP contribution in [0.15, 0.2) is 12.2 Å². The van der Waals surface area contributed by atoms with Crippen molar-refractivity contribution >= 4 is 13.7 Å². The van der Waals surface area contributed by atoms with Gasteiger partial charge in [-0.05, 0) is 19.3 Å². The molecule has 0 fully saturated rings. The second-order valence-electron chi connectivity index (χ2n) is 19.3. The van der Waals surface area contributed by atoms with E-state index in [1.165, 1.54) is 199 Å². The number of phosphoric ester groups is 1. The minimum absolute atomic E-state index is 0.0648. The summed E-state index contributed by atoms with van der Waals surface area (Å²) in [6.45, 7) is 4.84. The average molecular weight is 872 g/mol. The number of carbonyl (C=O) groups is 1. The molecule has 60 heavy (non-hydrogen) atoms. The van der Waals surface area contributed by atoms with E-state index in [1.54, 1.807) is 6.08 Å². The van der Waals surface area contributed by atoms with Gasteiger partial charge in [-0.1, -0.05) is 244 Å². The lowest BCUT2D eigenvalue weighted by atomic mass is 10.0. The summed E-state index contributed by atoms with van der Waals surface area (Å²) in [6.07, 6.45) is 51.6. The summed E-state index contributed by atoms with van der Waals surface area (Å²) in [6, 6.07) is -0.840. The fourth-order valence-electron chi connectivity index (χ4n) is 7.87. The molecule has 0 aliphatic rings. The van der Waals surface area contributed by atoms with Gasteiger partial charge in [0.1, 0.15) is 13.2 Å². The number of likely N-dealkylation sites (N-methyl/N-ethyl adjacent to an activating group) is 1. The molecular weight excluding hydrogens is 768 g/mol. The Kier molecular flexibility index (Phi) is 42.9. The van der Waals surface area contributed by atoms with Gasteiger partial charge in [0, 0.05) is 6.42 Å². The Labute approximate surface area is 373 Å². The molecule has 9 heteroatoms. The molecule has 0 spiro atoms. The Hall–Kier alpha value is -0.760. The van der Waals surface area contributed by atoms with Gasteiger partial charge in [0.2, 0.25) is 5.91 Å². The summed E-state index contributed by atoms with van der Waals surface area (Å²) < 4.78 is 23.6. The topological polar surface area (TPSA) is 105 Å². The molecule has 8 nitrogen and oxygen atoms in total. The summed E-state index contributed by atoms with van der Waals surface area (Å²) >= 11 is 0. The molecule has 3 unspecified atom stereocenters. The van der Waals surface area contributed by atoms with Crippen LogP contribution in [-0.2, 0) is 18.4 Å². The Morgan fingerprint density at radius 2 is 0.883 bits per heavy atom. The number of hydrogen-bond donors (Lipinski definition) is 3. The quantitative estimate of drug-likeness (QED) is 0.0243. The lowest BCUT2D eigenvalue weighted by molar-refractivity contribution is -0.870.